The highest BCUT2D eigenvalue weighted by Crippen LogP contribution is 2.45. The number of ether oxygens (including phenoxy) is 2. The number of amides is 2. The molecule has 0 unspecified atom stereocenters. The molecule has 3 N–H and O–H groups in total. The number of aryl methyl sites for hydroxylation is 2. The molecule has 0 spiro atoms. The van der Waals surface area contributed by atoms with Crippen molar-refractivity contribution in [1.29, 1.82) is 0 Å². The summed E-state index contributed by atoms with van der Waals surface area (Å²) in [4.78, 5) is 25.1. The molecule has 5 rings (SSSR count). The van der Waals surface area contributed by atoms with Crippen LogP contribution >= 0.6 is 0 Å². The second kappa shape index (κ2) is 17.1. The number of carbonyl (C=O) groups is 2. The second-order valence-corrected chi connectivity index (χ2v) is 13.9. The highest BCUT2D eigenvalue weighted by Gasteiger charge is 2.32. The highest BCUT2D eigenvalue weighted by atomic mass is 16.5. The van der Waals surface area contributed by atoms with Crippen LogP contribution in [-0.4, -0.2) is 49.0 Å². The van der Waals surface area contributed by atoms with Gasteiger partial charge in [0.15, 0.2) is 6.61 Å². The Balaban J connectivity index is 1.10. The van der Waals surface area contributed by atoms with Gasteiger partial charge in [-0.1, -0.05) is 119 Å². The Morgan fingerprint density at radius 3 is 1.90 bits per heavy atom. The van der Waals surface area contributed by atoms with Gasteiger partial charge >= 0.3 is 6.09 Å². The Labute approximate surface area is 309 Å². The lowest BCUT2D eigenvalue weighted by Gasteiger charge is -2.34. The Hall–Kier alpha value is -4.88. The minimum absolute atomic E-state index is 0.00769. The molecule has 0 radical (unpaired) electrons. The monoisotopic (exact) mass is 702 g/mol. The van der Waals surface area contributed by atoms with Crippen LogP contribution in [0.2, 0.25) is 0 Å². The van der Waals surface area contributed by atoms with E-state index in [2.05, 4.69) is 86.0 Å². The molecule has 0 aromatic heterocycles. The fourth-order valence-corrected chi connectivity index (χ4v) is 7.44. The van der Waals surface area contributed by atoms with Gasteiger partial charge in [-0.3, -0.25) is 4.79 Å². The van der Waals surface area contributed by atoms with E-state index in [1.165, 1.54) is 27.8 Å². The SMILES string of the molecule is CCC(O)(/C=C/c1ccc(C(CC)(CC)c2ccc(OCC(=O)NCCNC(=O)OCC3c4ccccc4-c4ccccc43)c(C)c2)cc1C)CC. The molecule has 2 amide bonds. The van der Waals surface area contributed by atoms with Gasteiger partial charge in [-0.25, -0.2) is 4.79 Å². The standard InChI is InChI=1S/C45H54N2O5/c1-7-44(50,8-2)24-23-33-19-20-34(27-31(33)5)45(9-3,10-4)35-21-22-41(32(6)28-35)51-30-42(48)46-25-26-47-43(49)52-29-40-38-17-13-11-15-36(38)37-16-12-14-18-39(37)40/h11-24,27-28,40,50H,7-10,25-26,29-30H2,1-6H3,(H,46,48)(H,47,49)/b24-23+. The number of carbonyl (C=O) groups excluding carboxylic acids is 2. The minimum atomic E-state index is -0.783. The summed E-state index contributed by atoms with van der Waals surface area (Å²) < 4.78 is 11.5. The maximum atomic E-state index is 12.6. The van der Waals surface area contributed by atoms with Crippen molar-refractivity contribution >= 4 is 18.1 Å². The molecule has 4 aromatic carbocycles. The van der Waals surface area contributed by atoms with Crippen molar-refractivity contribution in [2.45, 2.75) is 84.2 Å². The van der Waals surface area contributed by atoms with Crippen molar-refractivity contribution in [3.8, 4) is 16.9 Å². The fourth-order valence-electron chi connectivity index (χ4n) is 7.44. The summed E-state index contributed by atoms with van der Waals surface area (Å²) in [6.07, 6.45) is 6.66. The van der Waals surface area contributed by atoms with Crippen LogP contribution in [0.4, 0.5) is 4.79 Å². The van der Waals surface area contributed by atoms with Gasteiger partial charge in [-0.05, 0) is 95.7 Å². The number of aliphatic hydroxyl groups is 1. The quantitative estimate of drug-likeness (QED) is 0.101. The van der Waals surface area contributed by atoms with E-state index in [0.29, 0.717) is 18.6 Å². The van der Waals surface area contributed by atoms with E-state index >= 15 is 0 Å². The van der Waals surface area contributed by atoms with E-state index in [4.69, 9.17) is 9.47 Å². The van der Waals surface area contributed by atoms with Gasteiger partial charge in [0.2, 0.25) is 0 Å². The predicted molar refractivity (Wildman–Crippen MR) is 210 cm³/mol. The first-order chi connectivity index (χ1) is 25.1. The molecule has 52 heavy (non-hydrogen) atoms. The van der Waals surface area contributed by atoms with Crippen molar-refractivity contribution in [3.05, 3.63) is 130 Å². The van der Waals surface area contributed by atoms with Gasteiger partial charge in [0.1, 0.15) is 12.4 Å². The first-order valence-corrected chi connectivity index (χ1v) is 18.7. The van der Waals surface area contributed by atoms with Gasteiger partial charge in [0.25, 0.3) is 5.91 Å². The first kappa shape index (κ1) is 38.4. The van der Waals surface area contributed by atoms with E-state index in [9.17, 15) is 14.7 Å². The molecule has 0 bridgehead atoms. The Morgan fingerprint density at radius 2 is 1.33 bits per heavy atom. The average molecular weight is 703 g/mol. The van der Waals surface area contributed by atoms with Crippen LogP contribution in [0, 0.1) is 13.8 Å². The number of fused-ring (bicyclic) bond motifs is 3. The summed E-state index contributed by atoms with van der Waals surface area (Å²) >= 11 is 0. The molecule has 0 atom stereocenters. The molecule has 0 fully saturated rings. The van der Waals surface area contributed by atoms with Crippen molar-refractivity contribution in [3.63, 3.8) is 0 Å². The van der Waals surface area contributed by atoms with Crippen LogP contribution in [0.3, 0.4) is 0 Å². The summed E-state index contributed by atoms with van der Waals surface area (Å²) in [5.74, 6) is 0.384. The molecule has 4 aromatic rings. The van der Waals surface area contributed by atoms with Crippen molar-refractivity contribution < 1.29 is 24.2 Å². The predicted octanol–water partition coefficient (Wildman–Crippen LogP) is 9.01. The Bertz CT molecular complexity index is 1840. The van der Waals surface area contributed by atoms with E-state index in [1.807, 2.05) is 63.3 Å². The van der Waals surface area contributed by atoms with Gasteiger partial charge in [0.05, 0.1) is 5.60 Å². The molecule has 1 aliphatic rings. The maximum absolute atomic E-state index is 12.6. The van der Waals surface area contributed by atoms with E-state index in [1.54, 1.807) is 0 Å². The zero-order chi connectivity index (χ0) is 37.3. The molecular weight excluding hydrogens is 649 g/mol. The number of alkyl carbamates (subject to hydrolysis) is 1. The smallest absolute Gasteiger partial charge is 0.407 e. The summed E-state index contributed by atoms with van der Waals surface area (Å²) in [6, 6.07) is 29.3. The van der Waals surface area contributed by atoms with Crippen LogP contribution in [0.25, 0.3) is 17.2 Å². The summed E-state index contributed by atoms with van der Waals surface area (Å²) in [7, 11) is 0. The second-order valence-electron chi connectivity index (χ2n) is 13.9. The van der Waals surface area contributed by atoms with Gasteiger partial charge in [-0.2, -0.15) is 0 Å². The molecule has 1 aliphatic carbocycles. The van der Waals surface area contributed by atoms with Crippen molar-refractivity contribution in [2.24, 2.45) is 0 Å². The molecule has 0 saturated heterocycles. The van der Waals surface area contributed by atoms with Gasteiger partial charge in [-0.15, -0.1) is 0 Å². The van der Waals surface area contributed by atoms with Crippen LogP contribution in [0.1, 0.15) is 98.2 Å². The van der Waals surface area contributed by atoms with Crippen LogP contribution in [-0.2, 0) is 14.9 Å². The topological polar surface area (TPSA) is 96.9 Å². The van der Waals surface area contributed by atoms with E-state index in [0.717, 1.165) is 35.1 Å². The molecule has 274 valence electrons. The summed E-state index contributed by atoms with van der Waals surface area (Å²) in [6.45, 7) is 13.2. The zero-order valence-corrected chi connectivity index (χ0v) is 31.6. The molecule has 7 nitrogen and oxygen atoms in total. The largest absolute Gasteiger partial charge is 0.484 e. The molecule has 0 heterocycles. The number of nitrogens with one attached hydrogen (secondary N) is 2. The summed E-state index contributed by atoms with van der Waals surface area (Å²) in [5, 5.41) is 16.3. The van der Waals surface area contributed by atoms with E-state index in [-0.39, 0.29) is 43.5 Å². The van der Waals surface area contributed by atoms with Crippen LogP contribution in [0.5, 0.6) is 5.75 Å². The zero-order valence-electron chi connectivity index (χ0n) is 31.6. The normalized spacial score (nSPS) is 12.8. The lowest BCUT2D eigenvalue weighted by atomic mass is 9.70. The van der Waals surface area contributed by atoms with Gasteiger partial charge in [0, 0.05) is 24.4 Å². The van der Waals surface area contributed by atoms with Crippen molar-refractivity contribution in [1.82, 2.24) is 10.6 Å². The fraction of sp³-hybridized carbons (Fsp3) is 0.378. The third-order valence-corrected chi connectivity index (χ3v) is 11.0. The lowest BCUT2D eigenvalue weighted by molar-refractivity contribution is -0.123. The molecule has 0 saturated carbocycles. The third-order valence-electron chi connectivity index (χ3n) is 11.0. The number of benzene rings is 4. The lowest BCUT2D eigenvalue weighted by Crippen LogP contribution is -2.37. The third kappa shape index (κ3) is 8.42. The Kier molecular flexibility index (Phi) is 12.6. The van der Waals surface area contributed by atoms with Crippen LogP contribution in [0.15, 0.2) is 91.0 Å². The van der Waals surface area contributed by atoms with E-state index < -0.39 is 11.7 Å². The number of hydrogen-bond donors (Lipinski definition) is 3. The molecule has 7 heteroatoms. The summed E-state index contributed by atoms with van der Waals surface area (Å²) in [5.41, 5.74) is 9.42. The molecular formula is C45H54N2O5. The van der Waals surface area contributed by atoms with Gasteiger partial charge < -0.3 is 25.2 Å². The number of rotatable bonds is 16. The highest BCUT2D eigenvalue weighted by molar-refractivity contribution is 5.79. The average Bonchev–Trinajstić information content (AvgIpc) is 3.49. The Morgan fingerprint density at radius 1 is 0.750 bits per heavy atom. The van der Waals surface area contributed by atoms with Crippen molar-refractivity contribution in [2.75, 3.05) is 26.3 Å². The first-order valence-electron chi connectivity index (χ1n) is 18.7. The minimum Gasteiger partial charge on any atom is -0.484 e. The number of hydrogen-bond acceptors (Lipinski definition) is 5. The maximum Gasteiger partial charge on any atom is 0.407 e. The van der Waals surface area contributed by atoms with Crippen LogP contribution < -0.4 is 15.4 Å². The molecule has 0 aliphatic heterocycles.